The SMILES string of the molecule is CNC(=O)N(C)Cc1cc(O)c2c(c1F)C[C@H]1C[C@H]3[C@H](N(C)C)C(=O)C(C(N)=O)=C(O)[C@@]3(O)C(=O)C1=C2O. The molecule has 0 bridgehead atoms. The summed E-state index contributed by atoms with van der Waals surface area (Å²) >= 11 is 0. The Hall–Kier alpha value is -3.97. The Labute approximate surface area is 216 Å². The molecule has 38 heavy (non-hydrogen) atoms. The average Bonchev–Trinajstić information content (AvgIpc) is 2.83. The topological polar surface area (TPSA) is 194 Å². The van der Waals surface area contributed by atoms with Crippen LogP contribution in [0.2, 0.25) is 0 Å². The fourth-order valence-electron chi connectivity index (χ4n) is 5.98. The van der Waals surface area contributed by atoms with Crippen LogP contribution in [0.4, 0.5) is 9.18 Å². The number of carbonyl (C=O) groups excluding carboxylic acids is 4. The van der Waals surface area contributed by atoms with E-state index in [4.69, 9.17) is 5.73 Å². The maximum Gasteiger partial charge on any atom is 0.317 e. The zero-order valence-electron chi connectivity index (χ0n) is 21.2. The van der Waals surface area contributed by atoms with E-state index in [1.807, 2.05) is 0 Å². The lowest BCUT2D eigenvalue weighted by atomic mass is 9.57. The molecule has 0 saturated heterocycles. The van der Waals surface area contributed by atoms with Crippen LogP contribution in [0.25, 0.3) is 5.76 Å². The summed E-state index contributed by atoms with van der Waals surface area (Å²) in [5.74, 6) is -8.90. The molecule has 1 fully saturated rings. The van der Waals surface area contributed by atoms with Crippen LogP contribution in [0.5, 0.6) is 5.75 Å². The molecule has 3 aliphatic rings. The lowest BCUT2D eigenvalue weighted by Gasteiger charge is -2.50. The van der Waals surface area contributed by atoms with Crippen LogP contribution in [0.1, 0.15) is 23.1 Å². The van der Waals surface area contributed by atoms with Gasteiger partial charge in [0.1, 0.15) is 28.7 Å². The van der Waals surface area contributed by atoms with E-state index >= 15 is 4.39 Å². The molecule has 1 aromatic rings. The number of urea groups is 1. The standard InChI is InChI=1S/C25H29FN4O8/c1-28-24(37)30(4)8-10-7-13(31)15-11(17(10)26)5-9-6-12-18(29(2)3)20(33)16(23(27)36)22(35)25(12,38)21(34)14(9)19(15)32/h7,9,12,18,31-32,35,38H,5-6,8H2,1-4H3,(H2,27,36)(H,28,37)/t9-,12-,18-,25-/m0/s1. The van der Waals surface area contributed by atoms with Crippen molar-refractivity contribution in [1.29, 1.82) is 0 Å². The van der Waals surface area contributed by atoms with Gasteiger partial charge in [0.15, 0.2) is 11.4 Å². The summed E-state index contributed by atoms with van der Waals surface area (Å²) in [4.78, 5) is 53.3. The van der Waals surface area contributed by atoms with Crippen LogP contribution < -0.4 is 11.1 Å². The molecule has 13 heteroatoms. The number of Topliss-reactive ketones (excluding diaryl/α,β-unsaturated/α-hetero) is 2. The largest absolute Gasteiger partial charge is 0.508 e. The molecule has 7 N–H and O–H groups in total. The van der Waals surface area contributed by atoms with Gasteiger partial charge in [-0.05, 0) is 38.9 Å². The predicted molar refractivity (Wildman–Crippen MR) is 130 cm³/mol. The number of primary amides is 1. The molecular weight excluding hydrogens is 503 g/mol. The number of nitrogens with two attached hydrogens (primary N) is 1. The van der Waals surface area contributed by atoms with E-state index in [1.54, 1.807) is 0 Å². The van der Waals surface area contributed by atoms with Gasteiger partial charge >= 0.3 is 6.03 Å². The molecule has 0 aliphatic heterocycles. The van der Waals surface area contributed by atoms with Crippen molar-refractivity contribution in [3.05, 3.63) is 45.5 Å². The van der Waals surface area contributed by atoms with Gasteiger partial charge in [-0.15, -0.1) is 0 Å². The molecule has 4 atom stereocenters. The van der Waals surface area contributed by atoms with Gasteiger partial charge in [0, 0.05) is 36.7 Å². The minimum absolute atomic E-state index is 0.0343. The number of ketones is 2. The van der Waals surface area contributed by atoms with E-state index in [2.05, 4.69) is 5.32 Å². The lowest BCUT2D eigenvalue weighted by Crippen LogP contribution is -2.65. The third kappa shape index (κ3) is 3.64. The Morgan fingerprint density at radius 1 is 1.21 bits per heavy atom. The number of hydrogen-bond acceptors (Lipinski definition) is 9. The molecule has 4 rings (SSSR count). The molecular formula is C25H29FN4O8. The summed E-state index contributed by atoms with van der Waals surface area (Å²) in [5.41, 5.74) is 0.743. The number of nitrogens with zero attached hydrogens (tertiary/aromatic N) is 2. The Kier molecular flexibility index (Phi) is 6.48. The molecule has 3 aliphatic carbocycles. The van der Waals surface area contributed by atoms with Gasteiger partial charge < -0.3 is 36.4 Å². The maximum absolute atomic E-state index is 15.7. The van der Waals surface area contributed by atoms with E-state index in [1.165, 1.54) is 38.0 Å². The van der Waals surface area contributed by atoms with Crippen LogP contribution >= 0.6 is 0 Å². The zero-order chi connectivity index (χ0) is 28.4. The molecule has 0 heterocycles. The maximum atomic E-state index is 15.7. The highest BCUT2D eigenvalue weighted by atomic mass is 19.1. The Bertz CT molecular complexity index is 1350. The Morgan fingerprint density at radius 2 is 1.84 bits per heavy atom. The molecule has 12 nitrogen and oxygen atoms in total. The summed E-state index contributed by atoms with van der Waals surface area (Å²) in [6.07, 6.45) is -0.347. The fraction of sp³-hybridized carbons (Fsp3) is 0.440. The highest BCUT2D eigenvalue weighted by molar-refractivity contribution is 6.24. The Balaban J connectivity index is 1.90. The quantitative estimate of drug-likeness (QED) is 0.287. The number of phenols is 1. The second kappa shape index (κ2) is 9.10. The average molecular weight is 533 g/mol. The number of aromatic hydroxyl groups is 1. The van der Waals surface area contributed by atoms with Gasteiger partial charge in [-0.1, -0.05) is 0 Å². The van der Waals surface area contributed by atoms with Gasteiger partial charge in [0.2, 0.25) is 5.78 Å². The van der Waals surface area contributed by atoms with E-state index in [0.29, 0.717) is 0 Å². The number of likely N-dealkylation sites (N-methyl/N-ethyl adjacent to an activating group) is 1. The van der Waals surface area contributed by atoms with Gasteiger partial charge in [0.25, 0.3) is 5.91 Å². The van der Waals surface area contributed by atoms with Crippen LogP contribution in [0, 0.1) is 17.7 Å². The third-order valence-electron chi connectivity index (χ3n) is 7.70. The van der Waals surface area contributed by atoms with Crippen molar-refractivity contribution in [3.8, 4) is 5.75 Å². The number of amides is 3. The van der Waals surface area contributed by atoms with Gasteiger partial charge in [-0.3, -0.25) is 19.3 Å². The van der Waals surface area contributed by atoms with Crippen molar-refractivity contribution in [2.75, 3.05) is 28.2 Å². The van der Waals surface area contributed by atoms with E-state index in [-0.39, 0.29) is 41.6 Å². The number of carbonyl (C=O) groups is 4. The summed E-state index contributed by atoms with van der Waals surface area (Å²) in [6, 6.07) is -0.707. The second-order valence-electron chi connectivity index (χ2n) is 10.1. The summed E-state index contributed by atoms with van der Waals surface area (Å²) in [6.45, 7) is -0.207. The van der Waals surface area contributed by atoms with E-state index < -0.39 is 75.6 Å². The highest BCUT2D eigenvalue weighted by Gasteiger charge is 2.64. The monoisotopic (exact) mass is 532 g/mol. The highest BCUT2D eigenvalue weighted by Crippen LogP contribution is 2.53. The fourth-order valence-corrected chi connectivity index (χ4v) is 5.98. The first-order valence-corrected chi connectivity index (χ1v) is 11.8. The normalized spacial score (nSPS) is 26.7. The number of rotatable bonds is 4. The molecule has 204 valence electrons. The summed E-state index contributed by atoms with van der Waals surface area (Å²) in [7, 11) is 5.80. The zero-order valence-corrected chi connectivity index (χ0v) is 21.2. The van der Waals surface area contributed by atoms with Crippen molar-refractivity contribution in [1.82, 2.24) is 15.1 Å². The number of fused-ring (bicyclic) bond motifs is 3. The number of phenolic OH excluding ortho intramolecular Hbond substituents is 1. The second-order valence-corrected chi connectivity index (χ2v) is 10.1. The molecule has 1 aromatic carbocycles. The minimum Gasteiger partial charge on any atom is -0.508 e. The first-order chi connectivity index (χ1) is 17.7. The number of aliphatic hydroxyl groups excluding tert-OH is 2. The van der Waals surface area contributed by atoms with E-state index in [9.17, 15) is 39.6 Å². The molecule has 1 saturated carbocycles. The number of hydrogen-bond donors (Lipinski definition) is 6. The summed E-state index contributed by atoms with van der Waals surface area (Å²) < 4.78 is 15.7. The van der Waals surface area contributed by atoms with E-state index in [0.717, 1.165) is 6.07 Å². The Morgan fingerprint density at radius 3 is 2.39 bits per heavy atom. The minimum atomic E-state index is -2.77. The van der Waals surface area contributed by atoms with Gasteiger partial charge in [-0.25, -0.2) is 9.18 Å². The first kappa shape index (κ1) is 27.1. The van der Waals surface area contributed by atoms with Crippen molar-refractivity contribution < 1.29 is 44.0 Å². The van der Waals surface area contributed by atoms with Crippen LogP contribution in [0.15, 0.2) is 23.0 Å². The van der Waals surface area contributed by atoms with Crippen molar-refractivity contribution >= 4 is 29.3 Å². The predicted octanol–water partition coefficient (Wildman–Crippen LogP) is -0.126. The number of aliphatic hydroxyl groups is 3. The van der Waals surface area contributed by atoms with Crippen LogP contribution in [0.3, 0.4) is 0 Å². The molecule has 0 aromatic heterocycles. The van der Waals surface area contributed by atoms with Crippen molar-refractivity contribution in [2.24, 2.45) is 17.6 Å². The molecule has 3 amide bonds. The number of nitrogens with one attached hydrogen (secondary N) is 1. The van der Waals surface area contributed by atoms with Crippen LogP contribution in [-0.4, -0.2) is 93.6 Å². The molecule has 0 unspecified atom stereocenters. The molecule has 0 spiro atoms. The van der Waals surface area contributed by atoms with Crippen LogP contribution in [-0.2, 0) is 27.3 Å². The van der Waals surface area contributed by atoms with Gasteiger partial charge in [-0.2, -0.15) is 0 Å². The summed E-state index contributed by atoms with van der Waals surface area (Å²) in [5, 5.41) is 46.6. The first-order valence-electron chi connectivity index (χ1n) is 11.8. The third-order valence-corrected chi connectivity index (χ3v) is 7.70. The van der Waals surface area contributed by atoms with Gasteiger partial charge in [0.05, 0.1) is 18.2 Å². The van der Waals surface area contributed by atoms with Crippen molar-refractivity contribution in [3.63, 3.8) is 0 Å². The molecule has 0 radical (unpaired) electrons. The van der Waals surface area contributed by atoms with Crippen molar-refractivity contribution in [2.45, 2.75) is 31.0 Å². The lowest BCUT2D eigenvalue weighted by molar-refractivity contribution is -0.153. The number of halogens is 1. The smallest absolute Gasteiger partial charge is 0.317 e. The number of benzene rings is 1.